The van der Waals surface area contributed by atoms with Crippen LogP contribution in [0, 0.1) is 5.82 Å². The standard InChI is InChI=1S/C27H29FN4O2/c1-31-9-8-21(16-31)32(2)27(33)18-10-17(11-20(28)12-18)19-13-23-24(15-30-26(23)29-14-19)22-6-4-5-7-25(22)34-3/h4-5,7,10-15,21-22H,6,8-9,16H2,1-3H3,(H,29,30). The van der Waals surface area contributed by atoms with Crippen LogP contribution in [0.25, 0.3) is 22.2 Å². The van der Waals surface area contributed by atoms with Crippen molar-refractivity contribution in [3.63, 3.8) is 0 Å². The molecule has 7 heteroatoms. The molecule has 2 atom stereocenters. The number of pyridine rings is 1. The van der Waals surface area contributed by atoms with Gasteiger partial charge in [-0.1, -0.05) is 12.2 Å². The van der Waals surface area contributed by atoms with Crippen LogP contribution < -0.4 is 0 Å². The lowest BCUT2D eigenvalue weighted by molar-refractivity contribution is 0.0737. The average Bonchev–Trinajstić information content (AvgIpc) is 3.48. The summed E-state index contributed by atoms with van der Waals surface area (Å²) in [7, 11) is 5.53. The van der Waals surface area contributed by atoms with E-state index in [9.17, 15) is 9.18 Å². The Morgan fingerprint density at radius 3 is 2.88 bits per heavy atom. The number of amides is 1. The van der Waals surface area contributed by atoms with E-state index in [0.29, 0.717) is 11.1 Å². The molecule has 3 heterocycles. The lowest BCUT2D eigenvalue weighted by Gasteiger charge is -2.24. The SMILES string of the molecule is COC1=CC=CCC1c1c[nH]c2ncc(-c3cc(F)cc(C(=O)N(C)C4CCN(C)C4)c3)cc12. The van der Waals surface area contributed by atoms with Gasteiger partial charge in [-0.15, -0.1) is 0 Å². The number of nitrogens with one attached hydrogen (secondary N) is 1. The van der Waals surface area contributed by atoms with Gasteiger partial charge in [0.05, 0.1) is 7.11 Å². The Balaban J connectivity index is 1.49. The average molecular weight is 461 g/mol. The molecule has 1 amide bonds. The second kappa shape index (κ2) is 9.06. The topological polar surface area (TPSA) is 61.5 Å². The van der Waals surface area contributed by atoms with Crippen molar-refractivity contribution < 1.29 is 13.9 Å². The van der Waals surface area contributed by atoms with E-state index in [1.807, 2.05) is 31.5 Å². The number of aromatic nitrogens is 2. The first-order valence-corrected chi connectivity index (χ1v) is 11.6. The number of benzene rings is 1. The smallest absolute Gasteiger partial charge is 0.254 e. The molecular formula is C27H29FN4O2. The Hall–Kier alpha value is -3.45. The summed E-state index contributed by atoms with van der Waals surface area (Å²) in [5.41, 5.74) is 3.59. The molecule has 2 aliphatic rings. The zero-order valence-corrected chi connectivity index (χ0v) is 19.7. The van der Waals surface area contributed by atoms with Crippen LogP contribution in [0.3, 0.4) is 0 Å². The summed E-state index contributed by atoms with van der Waals surface area (Å²) in [4.78, 5) is 24.9. The highest BCUT2D eigenvalue weighted by atomic mass is 19.1. The molecule has 1 fully saturated rings. The van der Waals surface area contributed by atoms with E-state index < -0.39 is 5.82 Å². The Morgan fingerprint density at radius 2 is 2.12 bits per heavy atom. The molecule has 0 saturated carbocycles. The molecule has 2 unspecified atom stereocenters. The summed E-state index contributed by atoms with van der Waals surface area (Å²) in [5, 5.41) is 0.962. The molecule has 1 aliphatic heterocycles. The molecule has 6 nitrogen and oxygen atoms in total. The van der Waals surface area contributed by atoms with Gasteiger partial charge in [-0.3, -0.25) is 4.79 Å². The molecule has 5 rings (SSSR count). The maximum absolute atomic E-state index is 14.7. The number of likely N-dealkylation sites (tertiary alicyclic amines) is 1. The highest BCUT2D eigenvalue weighted by molar-refractivity contribution is 5.96. The fourth-order valence-electron chi connectivity index (χ4n) is 5.05. The molecule has 0 bridgehead atoms. The first kappa shape index (κ1) is 22.3. The molecule has 176 valence electrons. The minimum Gasteiger partial charge on any atom is -0.500 e. The second-order valence-electron chi connectivity index (χ2n) is 9.20. The third-order valence-electron chi connectivity index (χ3n) is 7.00. The van der Waals surface area contributed by atoms with Crippen LogP contribution in [0.5, 0.6) is 0 Å². The number of hydrogen-bond donors (Lipinski definition) is 1. The minimum absolute atomic E-state index is 0.0867. The third-order valence-corrected chi connectivity index (χ3v) is 7.00. The van der Waals surface area contributed by atoms with Crippen LogP contribution >= 0.6 is 0 Å². The summed E-state index contributed by atoms with van der Waals surface area (Å²) in [5.74, 6) is 0.382. The van der Waals surface area contributed by atoms with Gasteiger partial charge in [0.2, 0.25) is 0 Å². The van der Waals surface area contributed by atoms with Gasteiger partial charge in [0.15, 0.2) is 0 Å². The number of ether oxygens (including phenoxy) is 1. The number of likely N-dealkylation sites (N-methyl/N-ethyl adjacent to an activating group) is 2. The van der Waals surface area contributed by atoms with Crippen molar-refractivity contribution in [2.45, 2.75) is 24.8 Å². The van der Waals surface area contributed by atoms with E-state index in [1.54, 1.807) is 31.3 Å². The van der Waals surface area contributed by atoms with Gasteiger partial charge in [-0.05, 0) is 67.9 Å². The van der Waals surface area contributed by atoms with Crippen LogP contribution in [0.15, 0.2) is 60.6 Å². The van der Waals surface area contributed by atoms with Crippen LogP contribution in [0.2, 0.25) is 0 Å². The number of aromatic amines is 1. The zero-order valence-electron chi connectivity index (χ0n) is 19.7. The molecule has 1 N–H and O–H groups in total. The zero-order chi connectivity index (χ0) is 23.8. The van der Waals surface area contributed by atoms with E-state index in [2.05, 4.69) is 20.9 Å². The number of methoxy groups -OCH3 is 1. The normalized spacial score (nSPS) is 20.5. The molecule has 0 radical (unpaired) electrons. The van der Waals surface area contributed by atoms with E-state index in [0.717, 1.165) is 53.9 Å². The molecule has 34 heavy (non-hydrogen) atoms. The van der Waals surface area contributed by atoms with Crippen molar-refractivity contribution in [2.24, 2.45) is 0 Å². The molecule has 2 aromatic heterocycles. The van der Waals surface area contributed by atoms with Crippen molar-refractivity contribution in [3.05, 3.63) is 77.6 Å². The van der Waals surface area contributed by atoms with Crippen LogP contribution in [-0.2, 0) is 4.74 Å². The predicted molar refractivity (Wildman–Crippen MR) is 131 cm³/mol. The number of hydrogen-bond acceptors (Lipinski definition) is 4. The van der Waals surface area contributed by atoms with Crippen molar-refractivity contribution in [3.8, 4) is 11.1 Å². The van der Waals surface area contributed by atoms with Gasteiger partial charge < -0.3 is 19.5 Å². The summed E-state index contributed by atoms with van der Waals surface area (Å²) in [6, 6.07) is 6.69. The van der Waals surface area contributed by atoms with Gasteiger partial charge in [0.25, 0.3) is 5.91 Å². The molecule has 0 spiro atoms. The maximum Gasteiger partial charge on any atom is 0.254 e. The molecular weight excluding hydrogens is 431 g/mol. The van der Waals surface area contributed by atoms with Gasteiger partial charge in [-0.2, -0.15) is 0 Å². The lowest BCUT2D eigenvalue weighted by Crippen LogP contribution is -2.38. The van der Waals surface area contributed by atoms with E-state index in [4.69, 9.17) is 4.74 Å². The van der Waals surface area contributed by atoms with Gasteiger partial charge in [0.1, 0.15) is 17.2 Å². The number of fused-ring (bicyclic) bond motifs is 1. The highest BCUT2D eigenvalue weighted by Gasteiger charge is 2.28. The van der Waals surface area contributed by atoms with Gasteiger partial charge in [-0.25, -0.2) is 9.37 Å². The van der Waals surface area contributed by atoms with E-state index >= 15 is 0 Å². The largest absolute Gasteiger partial charge is 0.500 e. The predicted octanol–water partition coefficient (Wildman–Crippen LogP) is 4.72. The number of carbonyl (C=O) groups is 1. The summed E-state index contributed by atoms with van der Waals surface area (Å²) < 4.78 is 20.3. The molecule has 1 saturated heterocycles. The number of halogens is 1. The number of H-pyrrole nitrogens is 1. The van der Waals surface area contributed by atoms with Crippen molar-refractivity contribution in [2.75, 3.05) is 34.3 Å². The van der Waals surface area contributed by atoms with Crippen LogP contribution in [0.1, 0.15) is 34.7 Å². The summed E-state index contributed by atoms with van der Waals surface area (Å²) >= 11 is 0. The minimum atomic E-state index is -0.436. The van der Waals surface area contributed by atoms with Crippen molar-refractivity contribution in [1.82, 2.24) is 19.8 Å². The number of carbonyl (C=O) groups excluding carboxylic acids is 1. The Morgan fingerprint density at radius 1 is 1.26 bits per heavy atom. The first-order valence-electron chi connectivity index (χ1n) is 11.6. The van der Waals surface area contributed by atoms with Crippen LogP contribution in [-0.4, -0.2) is 66.0 Å². The molecule has 3 aromatic rings. The van der Waals surface area contributed by atoms with Crippen molar-refractivity contribution >= 4 is 16.9 Å². The molecule has 1 aromatic carbocycles. The Kier molecular flexibility index (Phi) is 5.96. The summed E-state index contributed by atoms with van der Waals surface area (Å²) in [6.07, 6.45) is 11.5. The number of nitrogens with zero attached hydrogens (tertiary/aromatic N) is 3. The Labute approximate surface area is 198 Å². The Bertz CT molecular complexity index is 1300. The van der Waals surface area contributed by atoms with Crippen LogP contribution in [0.4, 0.5) is 4.39 Å². The molecule has 1 aliphatic carbocycles. The van der Waals surface area contributed by atoms with Gasteiger partial charge >= 0.3 is 0 Å². The monoisotopic (exact) mass is 460 g/mol. The number of rotatable bonds is 5. The fraction of sp³-hybridized carbons (Fsp3) is 0.333. The van der Waals surface area contributed by atoms with E-state index in [1.165, 1.54) is 12.1 Å². The fourth-order valence-corrected chi connectivity index (χ4v) is 5.05. The third kappa shape index (κ3) is 4.12. The maximum atomic E-state index is 14.7. The highest BCUT2D eigenvalue weighted by Crippen LogP contribution is 2.37. The first-order chi connectivity index (χ1) is 16.4. The summed E-state index contributed by atoms with van der Waals surface area (Å²) in [6.45, 7) is 1.79. The quantitative estimate of drug-likeness (QED) is 0.599. The second-order valence-corrected chi connectivity index (χ2v) is 9.20. The van der Waals surface area contributed by atoms with Crippen molar-refractivity contribution in [1.29, 1.82) is 0 Å². The van der Waals surface area contributed by atoms with Gasteiger partial charge in [0, 0.05) is 54.5 Å². The number of allylic oxidation sites excluding steroid dienone is 4. The van der Waals surface area contributed by atoms with E-state index in [-0.39, 0.29) is 17.9 Å². The lowest BCUT2D eigenvalue weighted by atomic mass is 9.90.